The van der Waals surface area contributed by atoms with Gasteiger partial charge in [0.05, 0.1) is 16.6 Å². The Balaban J connectivity index is 1.02. The molecule has 2 nitrogen and oxygen atoms in total. The van der Waals surface area contributed by atoms with Crippen LogP contribution < -0.4 is 16.4 Å². The van der Waals surface area contributed by atoms with Gasteiger partial charge in [0.15, 0.2) is 0 Å². The maximum Gasteiger partial charge on any atom is 0.252 e. The van der Waals surface area contributed by atoms with Gasteiger partial charge in [-0.1, -0.05) is 206 Å². The van der Waals surface area contributed by atoms with Crippen molar-refractivity contribution >= 4 is 153 Å². The van der Waals surface area contributed by atoms with Gasteiger partial charge in [0.1, 0.15) is 0 Å². The van der Waals surface area contributed by atoms with Crippen molar-refractivity contribution in [3.8, 4) is 33.6 Å². The third-order valence-electron chi connectivity index (χ3n) is 18.1. The fourth-order valence-corrected chi connectivity index (χ4v) is 15.0. The molecular weight excluding hydrogens is 928 g/mol. The van der Waals surface area contributed by atoms with E-state index in [4.69, 9.17) is 0 Å². The van der Waals surface area contributed by atoms with Crippen LogP contribution in [0.1, 0.15) is 0 Å². The number of nitrogens with zero attached hydrogens (tertiary/aromatic N) is 2. The van der Waals surface area contributed by atoms with Crippen LogP contribution in [-0.4, -0.2) is 15.8 Å². The summed E-state index contributed by atoms with van der Waals surface area (Å²) in [7, 11) is 0. The van der Waals surface area contributed by atoms with E-state index >= 15 is 0 Å². The Labute approximate surface area is 441 Å². The molecule has 0 aliphatic carbocycles. The number of hydrogen-bond donors (Lipinski definition) is 0. The summed E-state index contributed by atoms with van der Waals surface area (Å²) in [5.74, 6) is 0. The third-order valence-corrected chi connectivity index (χ3v) is 18.1. The lowest BCUT2D eigenvalue weighted by atomic mass is 9.34. The lowest BCUT2D eigenvalue weighted by Gasteiger charge is -2.34. The van der Waals surface area contributed by atoms with Gasteiger partial charge in [-0.05, 0) is 157 Å². The van der Waals surface area contributed by atoms with E-state index in [0.29, 0.717) is 0 Å². The molecule has 2 aliphatic heterocycles. The van der Waals surface area contributed by atoms with E-state index in [0.717, 1.165) is 0 Å². The second-order valence-corrected chi connectivity index (χ2v) is 21.8. The second kappa shape index (κ2) is 14.5. The van der Waals surface area contributed by atoms with E-state index < -0.39 is 0 Å². The normalized spacial score (nSPS) is 12.9. The Hall–Kier alpha value is -9.96. The number of benzene rings is 15. The van der Waals surface area contributed by atoms with Gasteiger partial charge in [0.2, 0.25) is 0 Å². The third kappa shape index (κ3) is 5.12. The first kappa shape index (κ1) is 40.4. The average molecular weight is 969 g/mol. The highest BCUT2D eigenvalue weighted by Crippen LogP contribution is 2.49. The Kier molecular flexibility index (Phi) is 7.59. The fraction of sp³-hybridized carbons (Fsp3) is 0. The molecule has 0 radical (unpaired) electrons. The van der Waals surface area contributed by atoms with Crippen LogP contribution in [-0.2, 0) is 0 Å². The van der Waals surface area contributed by atoms with Crippen LogP contribution in [0.2, 0.25) is 0 Å². The Morgan fingerprint density at radius 2 is 0.701 bits per heavy atom. The molecule has 0 saturated carbocycles. The van der Waals surface area contributed by atoms with Gasteiger partial charge in [-0.25, -0.2) is 0 Å². The maximum atomic E-state index is 2.69. The molecule has 2 aromatic heterocycles. The van der Waals surface area contributed by atoms with Gasteiger partial charge in [-0.2, -0.15) is 0 Å². The molecule has 0 N–H and O–H groups in total. The van der Waals surface area contributed by atoms with Crippen LogP contribution in [0.5, 0.6) is 0 Å². The van der Waals surface area contributed by atoms with E-state index in [1.807, 2.05) is 0 Å². The predicted octanol–water partition coefficient (Wildman–Crippen LogP) is 17.6. The Morgan fingerprint density at radius 1 is 0.234 bits per heavy atom. The molecule has 2 aliphatic rings. The van der Waals surface area contributed by atoms with Crippen molar-refractivity contribution in [1.82, 2.24) is 9.13 Å². The van der Waals surface area contributed by atoms with Crippen LogP contribution >= 0.6 is 0 Å². The second-order valence-electron chi connectivity index (χ2n) is 21.8. The minimum absolute atomic E-state index is 0.0707. The number of hydrogen-bond acceptors (Lipinski definition) is 0. The standard InChI is InChI=1S/C74H41BN2/c1-3-16-44-36-46(30-28-42(44)14-1)48-32-35-65-62(38-48)70-68-56-24-11-9-20-52(56)51-19-6-8-23-55(51)60(68)41-64-74(70)76(65)66-26-13-27-67-71(66)75(64)63-40-49(47-31-29-43-15-2-4-17-45(43)37-47)39-61-59-34-33-58-54-22-7-5-18-50(54)53-21-10-12-25-57(53)69(58)73(59)77(67)72(61)63/h1-41H. The molecule has 3 heteroatoms. The van der Waals surface area contributed by atoms with Crippen LogP contribution in [0.25, 0.3) is 163 Å². The molecule has 0 spiro atoms. The number of rotatable bonds is 2. The molecule has 17 aromatic rings. The largest absolute Gasteiger partial charge is 0.310 e. The molecule has 0 atom stereocenters. The van der Waals surface area contributed by atoms with E-state index in [1.165, 1.54) is 180 Å². The molecule has 350 valence electrons. The average Bonchev–Trinajstić information content (AvgIpc) is 4.04. The number of aromatic nitrogens is 2. The zero-order valence-corrected chi connectivity index (χ0v) is 41.6. The molecule has 15 aromatic carbocycles. The van der Waals surface area contributed by atoms with Crippen molar-refractivity contribution in [2.45, 2.75) is 0 Å². The fourth-order valence-electron chi connectivity index (χ4n) is 15.0. The van der Waals surface area contributed by atoms with Crippen LogP contribution in [0.15, 0.2) is 249 Å². The summed E-state index contributed by atoms with van der Waals surface area (Å²) in [6.45, 7) is -0.0707. The van der Waals surface area contributed by atoms with Gasteiger partial charge < -0.3 is 9.13 Å². The first-order valence-electron chi connectivity index (χ1n) is 27.0. The predicted molar refractivity (Wildman–Crippen MR) is 331 cm³/mol. The summed E-state index contributed by atoms with van der Waals surface area (Å²) in [6.07, 6.45) is 0. The lowest BCUT2D eigenvalue weighted by molar-refractivity contribution is 1.15. The molecule has 0 bridgehead atoms. The van der Waals surface area contributed by atoms with Crippen LogP contribution in [0, 0.1) is 0 Å². The van der Waals surface area contributed by atoms with Crippen molar-refractivity contribution in [1.29, 1.82) is 0 Å². The topological polar surface area (TPSA) is 9.86 Å². The van der Waals surface area contributed by atoms with Gasteiger partial charge in [-0.15, -0.1) is 0 Å². The van der Waals surface area contributed by atoms with Crippen molar-refractivity contribution in [3.05, 3.63) is 249 Å². The molecule has 0 saturated heterocycles. The Bertz CT molecular complexity index is 5560. The summed E-state index contributed by atoms with van der Waals surface area (Å²) in [5, 5.41) is 25.7. The van der Waals surface area contributed by atoms with E-state index in [9.17, 15) is 0 Å². The molecule has 0 unspecified atom stereocenters. The summed E-state index contributed by atoms with van der Waals surface area (Å²) >= 11 is 0. The lowest BCUT2D eigenvalue weighted by Crippen LogP contribution is -2.59. The molecule has 77 heavy (non-hydrogen) atoms. The monoisotopic (exact) mass is 968 g/mol. The Morgan fingerprint density at radius 3 is 1.35 bits per heavy atom. The highest BCUT2D eigenvalue weighted by Gasteiger charge is 2.42. The molecular formula is C74H41BN2. The van der Waals surface area contributed by atoms with Crippen molar-refractivity contribution in [3.63, 3.8) is 0 Å². The van der Waals surface area contributed by atoms with E-state index in [1.54, 1.807) is 0 Å². The van der Waals surface area contributed by atoms with Crippen LogP contribution in [0.3, 0.4) is 0 Å². The first-order chi connectivity index (χ1) is 38.2. The van der Waals surface area contributed by atoms with Gasteiger partial charge >= 0.3 is 0 Å². The van der Waals surface area contributed by atoms with Crippen molar-refractivity contribution < 1.29 is 0 Å². The van der Waals surface area contributed by atoms with E-state index in [-0.39, 0.29) is 6.71 Å². The summed E-state index contributed by atoms with van der Waals surface area (Å²) < 4.78 is 5.35. The van der Waals surface area contributed by atoms with Crippen molar-refractivity contribution in [2.24, 2.45) is 0 Å². The van der Waals surface area contributed by atoms with Gasteiger partial charge in [-0.3, -0.25) is 0 Å². The molecule has 0 amide bonds. The quantitative estimate of drug-likeness (QED) is 0.121. The van der Waals surface area contributed by atoms with Crippen molar-refractivity contribution in [2.75, 3.05) is 0 Å². The number of fused-ring (bicyclic) bond motifs is 26. The molecule has 4 heterocycles. The maximum absolute atomic E-state index is 2.69. The van der Waals surface area contributed by atoms with Gasteiger partial charge in [0, 0.05) is 49.2 Å². The zero-order valence-electron chi connectivity index (χ0n) is 41.6. The summed E-state index contributed by atoms with van der Waals surface area (Å²) in [5.41, 5.74) is 16.6. The minimum atomic E-state index is -0.0707. The highest BCUT2D eigenvalue weighted by atomic mass is 15.0. The van der Waals surface area contributed by atoms with Gasteiger partial charge in [0.25, 0.3) is 6.71 Å². The SMILES string of the molecule is c1cc2c3c(c1)-n1c4c(cc(-c5ccc6ccccc6c5)cc4c4ccc5c6ccccc6c6ccccc6c5c41)B3c1cc3c4ccccc4c4ccccc4c3c3c4cc(-c5ccc6ccccc6c5)ccc4n-2c13. The zero-order chi connectivity index (χ0) is 49.8. The summed E-state index contributed by atoms with van der Waals surface area (Å²) in [6, 6.07) is 94.8. The highest BCUT2D eigenvalue weighted by molar-refractivity contribution is 7.00. The smallest absolute Gasteiger partial charge is 0.252 e. The van der Waals surface area contributed by atoms with Crippen LogP contribution in [0.4, 0.5) is 0 Å². The molecule has 19 rings (SSSR count). The minimum Gasteiger partial charge on any atom is -0.310 e. The summed E-state index contributed by atoms with van der Waals surface area (Å²) in [4.78, 5) is 0. The van der Waals surface area contributed by atoms with E-state index in [2.05, 4.69) is 258 Å². The first-order valence-corrected chi connectivity index (χ1v) is 27.0. The molecule has 0 fully saturated rings.